The number of aliphatic hydroxyl groups is 4. The van der Waals surface area contributed by atoms with Gasteiger partial charge in [0.15, 0.2) is 0 Å². The molecule has 0 aromatic rings. The molecular weight excluding hydrogens is 196 g/mol. The van der Waals surface area contributed by atoms with Crippen LogP contribution >= 0.6 is 0 Å². The zero-order chi connectivity index (χ0) is 11.8. The molecule has 0 aromatic heterocycles. The Bertz CT molecular complexity index is 128. The van der Waals surface area contributed by atoms with Crippen molar-refractivity contribution in [2.45, 2.75) is 45.3 Å². The summed E-state index contributed by atoms with van der Waals surface area (Å²) in [4.78, 5) is 0. The van der Waals surface area contributed by atoms with Gasteiger partial charge >= 0.3 is 0 Å². The normalized spacial score (nSPS) is 19.6. The minimum atomic E-state index is -0.699. The minimum absolute atomic E-state index is 0.0691. The third-order valence-electron chi connectivity index (χ3n) is 3.09. The van der Waals surface area contributed by atoms with Crippen LogP contribution < -0.4 is 0 Å². The van der Waals surface area contributed by atoms with E-state index in [1.807, 2.05) is 13.8 Å². The monoisotopic (exact) mass is 220 g/mol. The molecule has 92 valence electrons. The molecule has 0 bridgehead atoms. The first-order valence-corrected chi connectivity index (χ1v) is 5.68. The van der Waals surface area contributed by atoms with Gasteiger partial charge in [0, 0.05) is 25.0 Å². The summed E-state index contributed by atoms with van der Waals surface area (Å²) in [5, 5.41) is 37.4. The van der Waals surface area contributed by atoms with Gasteiger partial charge in [0.2, 0.25) is 0 Å². The maximum Gasteiger partial charge on any atom is 0.0614 e. The van der Waals surface area contributed by atoms with Gasteiger partial charge in [-0.25, -0.2) is 0 Å². The Morgan fingerprint density at radius 3 is 1.33 bits per heavy atom. The van der Waals surface area contributed by atoms with Crippen molar-refractivity contribution in [1.29, 1.82) is 0 Å². The molecule has 0 aliphatic heterocycles. The molecule has 4 N–H and O–H groups in total. The topological polar surface area (TPSA) is 80.9 Å². The van der Waals surface area contributed by atoms with E-state index in [4.69, 9.17) is 10.2 Å². The fourth-order valence-corrected chi connectivity index (χ4v) is 1.68. The smallest absolute Gasteiger partial charge is 0.0614 e. The third-order valence-corrected chi connectivity index (χ3v) is 3.09. The van der Waals surface area contributed by atoms with Gasteiger partial charge in [0.25, 0.3) is 0 Å². The molecule has 0 aliphatic rings. The van der Waals surface area contributed by atoms with Crippen molar-refractivity contribution in [3.63, 3.8) is 0 Å². The van der Waals surface area contributed by atoms with Gasteiger partial charge in [-0.1, -0.05) is 13.8 Å². The fraction of sp³-hybridized carbons (Fsp3) is 1.00. The lowest BCUT2D eigenvalue weighted by Gasteiger charge is -2.25. The van der Waals surface area contributed by atoms with Crippen molar-refractivity contribution in [1.82, 2.24) is 0 Å². The van der Waals surface area contributed by atoms with Crippen LogP contribution in [-0.4, -0.2) is 45.8 Å². The highest BCUT2D eigenvalue weighted by molar-refractivity contribution is 4.75. The average molecular weight is 220 g/mol. The maximum absolute atomic E-state index is 9.72. The van der Waals surface area contributed by atoms with Gasteiger partial charge in [-0.3, -0.25) is 0 Å². The second-order valence-electron chi connectivity index (χ2n) is 4.07. The predicted octanol–water partition coefficient (Wildman–Crippen LogP) is 0.135. The van der Waals surface area contributed by atoms with E-state index >= 15 is 0 Å². The van der Waals surface area contributed by atoms with Gasteiger partial charge < -0.3 is 20.4 Å². The molecule has 0 aromatic carbocycles. The van der Waals surface area contributed by atoms with Crippen LogP contribution in [0.3, 0.4) is 0 Å². The molecule has 4 heteroatoms. The van der Waals surface area contributed by atoms with Crippen molar-refractivity contribution < 1.29 is 20.4 Å². The standard InChI is InChI=1S/C11H24O4/c1-3-8(6-12)10(14)5-11(15)9(4-2)7-13/h8-15H,3-7H2,1-2H3. The first-order chi connectivity index (χ1) is 7.10. The highest BCUT2D eigenvalue weighted by atomic mass is 16.3. The molecule has 4 atom stereocenters. The zero-order valence-corrected chi connectivity index (χ0v) is 9.63. The van der Waals surface area contributed by atoms with Crippen molar-refractivity contribution in [2.24, 2.45) is 11.8 Å². The van der Waals surface area contributed by atoms with Gasteiger partial charge in [-0.15, -0.1) is 0 Å². The van der Waals surface area contributed by atoms with E-state index < -0.39 is 12.2 Å². The SMILES string of the molecule is CCC(CO)C(O)CC(O)C(CC)CO. The van der Waals surface area contributed by atoms with Crippen LogP contribution in [-0.2, 0) is 0 Å². The second-order valence-corrected chi connectivity index (χ2v) is 4.07. The van der Waals surface area contributed by atoms with Gasteiger partial charge in [-0.05, 0) is 19.3 Å². The van der Waals surface area contributed by atoms with E-state index in [2.05, 4.69) is 0 Å². The van der Waals surface area contributed by atoms with Crippen molar-refractivity contribution >= 4 is 0 Å². The summed E-state index contributed by atoms with van der Waals surface area (Å²) in [6.07, 6.45) is 0.185. The van der Waals surface area contributed by atoms with Gasteiger partial charge in [0.1, 0.15) is 0 Å². The van der Waals surface area contributed by atoms with Crippen LogP contribution in [0.4, 0.5) is 0 Å². The van der Waals surface area contributed by atoms with E-state index in [1.165, 1.54) is 0 Å². The summed E-state index contributed by atoms with van der Waals surface area (Å²) < 4.78 is 0. The Morgan fingerprint density at radius 2 is 1.13 bits per heavy atom. The first-order valence-electron chi connectivity index (χ1n) is 5.68. The molecular formula is C11H24O4. The van der Waals surface area contributed by atoms with Gasteiger partial charge in [0.05, 0.1) is 12.2 Å². The van der Waals surface area contributed by atoms with E-state index in [9.17, 15) is 10.2 Å². The van der Waals surface area contributed by atoms with Crippen LogP contribution in [0.5, 0.6) is 0 Å². The summed E-state index contributed by atoms with van der Waals surface area (Å²) >= 11 is 0. The van der Waals surface area contributed by atoms with Crippen molar-refractivity contribution in [3.05, 3.63) is 0 Å². The maximum atomic E-state index is 9.72. The lowest BCUT2D eigenvalue weighted by Crippen LogP contribution is -2.32. The fourth-order valence-electron chi connectivity index (χ4n) is 1.68. The Hall–Kier alpha value is -0.160. The van der Waals surface area contributed by atoms with Crippen LogP contribution in [0, 0.1) is 11.8 Å². The molecule has 0 radical (unpaired) electrons. The van der Waals surface area contributed by atoms with E-state index in [-0.39, 0.29) is 31.5 Å². The molecule has 0 heterocycles. The van der Waals surface area contributed by atoms with E-state index in [0.29, 0.717) is 12.8 Å². The molecule has 4 nitrogen and oxygen atoms in total. The van der Waals surface area contributed by atoms with Crippen LogP contribution in [0.1, 0.15) is 33.1 Å². The van der Waals surface area contributed by atoms with E-state index in [0.717, 1.165) is 0 Å². The van der Waals surface area contributed by atoms with E-state index in [1.54, 1.807) is 0 Å². The molecule has 15 heavy (non-hydrogen) atoms. The van der Waals surface area contributed by atoms with Gasteiger partial charge in [-0.2, -0.15) is 0 Å². The summed E-state index contributed by atoms with van der Waals surface area (Å²) in [6, 6.07) is 0. The molecule has 4 unspecified atom stereocenters. The summed E-state index contributed by atoms with van der Waals surface area (Å²) in [6.45, 7) is 3.64. The number of aliphatic hydroxyl groups excluding tert-OH is 4. The highest BCUT2D eigenvalue weighted by Gasteiger charge is 2.24. The summed E-state index contributed by atoms with van der Waals surface area (Å²) in [5.74, 6) is -0.369. The quantitative estimate of drug-likeness (QED) is 0.469. The largest absolute Gasteiger partial charge is 0.396 e. The van der Waals surface area contributed by atoms with Crippen molar-refractivity contribution in [2.75, 3.05) is 13.2 Å². The number of rotatable bonds is 8. The second kappa shape index (κ2) is 8.05. The molecule has 0 saturated heterocycles. The van der Waals surface area contributed by atoms with Crippen molar-refractivity contribution in [3.8, 4) is 0 Å². The lowest BCUT2D eigenvalue weighted by molar-refractivity contribution is -0.00983. The molecule has 0 spiro atoms. The van der Waals surface area contributed by atoms with Crippen LogP contribution in [0.25, 0.3) is 0 Å². The van der Waals surface area contributed by atoms with Crippen LogP contribution in [0.2, 0.25) is 0 Å². The molecule has 0 saturated carbocycles. The molecule has 0 aliphatic carbocycles. The zero-order valence-electron chi connectivity index (χ0n) is 9.63. The number of hydrogen-bond acceptors (Lipinski definition) is 4. The highest BCUT2D eigenvalue weighted by Crippen LogP contribution is 2.18. The Balaban J connectivity index is 4.08. The molecule has 0 rings (SSSR count). The lowest BCUT2D eigenvalue weighted by atomic mass is 9.90. The number of hydrogen-bond donors (Lipinski definition) is 4. The summed E-state index contributed by atoms with van der Waals surface area (Å²) in [5.41, 5.74) is 0. The van der Waals surface area contributed by atoms with Crippen LogP contribution in [0.15, 0.2) is 0 Å². The minimum Gasteiger partial charge on any atom is -0.396 e. The Morgan fingerprint density at radius 1 is 0.800 bits per heavy atom. The summed E-state index contributed by atoms with van der Waals surface area (Å²) in [7, 11) is 0. The third kappa shape index (κ3) is 4.93. The predicted molar refractivity (Wildman–Crippen MR) is 58.4 cm³/mol. The Labute approximate surface area is 91.6 Å². The Kier molecular flexibility index (Phi) is 7.96. The molecule has 0 amide bonds. The molecule has 0 fully saturated rings. The average Bonchev–Trinajstić information content (AvgIpc) is 2.21. The first kappa shape index (κ1) is 14.8.